The number of benzene rings is 1. The number of rotatable bonds is 3. The standard InChI is InChI=1S/C23H24N4OS/c1-16-14-17-6-2-3-8-20(17)27(16)23(28)18-7-4-12-26(15-18)22-11-10-19(24-25-22)21-9-5-13-29-21/h2-3,5-6,8-11,13,16,18H,4,7,12,14-15H2,1H3. The monoisotopic (exact) mass is 404 g/mol. The summed E-state index contributed by atoms with van der Waals surface area (Å²) in [4.78, 5) is 18.8. The van der Waals surface area contributed by atoms with Crippen molar-refractivity contribution in [2.45, 2.75) is 32.2 Å². The van der Waals surface area contributed by atoms with Gasteiger partial charge in [-0.05, 0) is 61.4 Å². The van der Waals surface area contributed by atoms with Gasteiger partial charge in [-0.1, -0.05) is 24.3 Å². The zero-order valence-corrected chi connectivity index (χ0v) is 17.3. The second kappa shape index (κ2) is 7.59. The zero-order valence-electron chi connectivity index (χ0n) is 16.5. The van der Waals surface area contributed by atoms with Crippen molar-refractivity contribution in [2.24, 2.45) is 5.92 Å². The van der Waals surface area contributed by atoms with Crippen LogP contribution in [0.3, 0.4) is 0 Å². The maximum Gasteiger partial charge on any atom is 0.232 e. The van der Waals surface area contributed by atoms with Crippen molar-refractivity contribution in [3.63, 3.8) is 0 Å². The number of carbonyl (C=O) groups excluding carboxylic acids is 1. The number of anilines is 2. The van der Waals surface area contributed by atoms with Crippen molar-refractivity contribution in [1.82, 2.24) is 10.2 Å². The van der Waals surface area contributed by atoms with E-state index in [9.17, 15) is 4.79 Å². The summed E-state index contributed by atoms with van der Waals surface area (Å²) in [6.45, 7) is 3.77. The number of nitrogens with zero attached hydrogens (tertiary/aromatic N) is 4. The quantitative estimate of drug-likeness (QED) is 0.649. The average Bonchev–Trinajstić information content (AvgIpc) is 3.41. The Labute approximate surface area is 175 Å². The molecule has 2 aliphatic rings. The van der Waals surface area contributed by atoms with Gasteiger partial charge in [0.2, 0.25) is 5.91 Å². The Bertz CT molecular complexity index is 1000. The van der Waals surface area contributed by atoms with E-state index in [1.54, 1.807) is 11.3 Å². The summed E-state index contributed by atoms with van der Waals surface area (Å²) >= 11 is 1.66. The molecule has 2 aromatic heterocycles. The van der Waals surface area contributed by atoms with E-state index in [0.29, 0.717) is 6.54 Å². The second-order valence-electron chi connectivity index (χ2n) is 7.93. The Hall–Kier alpha value is -2.73. The van der Waals surface area contributed by atoms with Crippen molar-refractivity contribution in [3.8, 4) is 10.6 Å². The van der Waals surface area contributed by atoms with E-state index in [2.05, 4.69) is 46.3 Å². The molecule has 29 heavy (non-hydrogen) atoms. The summed E-state index contributed by atoms with van der Waals surface area (Å²) in [6.07, 6.45) is 2.87. The molecule has 4 heterocycles. The van der Waals surface area contributed by atoms with Crippen LogP contribution in [-0.4, -0.2) is 35.2 Å². The fraction of sp³-hybridized carbons (Fsp3) is 0.348. The number of aromatic nitrogens is 2. The van der Waals surface area contributed by atoms with Crippen molar-refractivity contribution in [1.29, 1.82) is 0 Å². The second-order valence-corrected chi connectivity index (χ2v) is 8.88. The van der Waals surface area contributed by atoms with Gasteiger partial charge in [-0.3, -0.25) is 4.79 Å². The van der Waals surface area contributed by atoms with Crippen LogP contribution in [0.5, 0.6) is 0 Å². The summed E-state index contributed by atoms with van der Waals surface area (Å²) in [5.41, 5.74) is 3.26. The highest BCUT2D eigenvalue weighted by Crippen LogP contribution is 2.35. The van der Waals surface area contributed by atoms with Crippen LogP contribution < -0.4 is 9.80 Å². The number of para-hydroxylation sites is 1. The van der Waals surface area contributed by atoms with Gasteiger partial charge in [-0.2, -0.15) is 0 Å². The molecule has 0 radical (unpaired) electrons. The fourth-order valence-electron chi connectivity index (χ4n) is 4.53. The van der Waals surface area contributed by atoms with Gasteiger partial charge in [0.1, 0.15) is 5.69 Å². The van der Waals surface area contributed by atoms with Crippen LogP contribution >= 0.6 is 11.3 Å². The highest BCUT2D eigenvalue weighted by Gasteiger charge is 2.36. The van der Waals surface area contributed by atoms with E-state index in [-0.39, 0.29) is 17.9 Å². The molecule has 0 bridgehead atoms. The Balaban J connectivity index is 1.32. The van der Waals surface area contributed by atoms with E-state index < -0.39 is 0 Å². The largest absolute Gasteiger partial charge is 0.354 e. The molecule has 0 spiro atoms. The third-order valence-corrected chi connectivity index (χ3v) is 6.86. The van der Waals surface area contributed by atoms with Gasteiger partial charge in [0.05, 0.1) is 10.8 Å². The molecule has 2 atom stereocenters. The van der Waals surface area contributed by atoms with Crippen LogP contribution in [0.2, 0.25) is 0 Å². The molecule has 5 nitrogen and oxygen atoms in total. The molecule has 1 amide bonds. The predicted octanol–water partition coefficient (Wildman–Crippen LogP) is 4.40. The van der Waals surface area contributed by atoms with Gasteiger partial charge in [0.15, 0.2) is 5.82 Å². The number of piperidine rings is 1. The fourth-order valence-corrected chi connectivity index (χ4v) is 5.22. The van der Waals surface area contributed by atoms with E-state index >= 15 is 0 Å². The average molecular weight is 405 g/mol. The Morgan fingerprint density at radius 3 is 2.79 bits per heavy atom. The van der Waals surface area contributed by atoms with Crippen molar-refractivity contribution in [3.05, 3.63) is 59.5 Å². The van der Waals surface area contributed by atoms with Crippen LogP contribution in [0.15, 0.2) is 53.9 Å². The van der Waals surface area contributed by atoms with E-state index in [4.69, 9.17) is 0 Å². The Morgan fingerprint density at radius 2 is 2.00 bits per heavy atom. The molecule has 6 heteroatoms. The normalized spacial score (nSPS) is 21.3. The number of hydrogen-bond donors (Lipinski definition) is 0. The lowest BCUT2D eigenvalue weighted by Crippen LogP contribution is -2.47. The lowest BCUT2D eigenvalue weighted by Gasteiger charge is -2.35. The topological polar surface area (TPSA) is 49.3 Å². The lowest BCUT2D eigenvalue weighted by atomic mass is 9.96. The highest BCUT2D eigenvalue weighted by molar-refractivity contribution is 7.13. The van der Waals surface area contributed by atoms with Gasteiger partial charge in [0.25, 0.3) is 0 Å². The highest BCUT2D eigenvalue weighted by atomic mass is 32.1. The van der Waals surface area contributed by atoms with Crippen molar-refractivity contribution >= 4 is 28.7 Å². The lowest BCUT2D eigenvalue weighted by molar-refractivity contribution is -0.122. The summed E-state index contributed by atoms with van der Waals surface area (Å²) in [5.74, 6) is 1.10. The smallest absolute Gasteiger partial charge is 0.232 e. The van der Waals surface area contributed by atoms with Crippen LogP contribution in [0.1, 0.15) is 25.3 Å². The van der Waals surface area contributed by atoms with Gasteiger partial charge in [-0.15, -0.1) is 21.5 Å². The minimum absolute atomic E-state index is 0.00358. The van der Waals surface area contributed by atoms with E-state index in [0.717, 1.165) is 47.9 Å². The molecule has 0 N–H and O–H groups in total. The van der Waals surface area contributed by atoms with Crippen molar-refractivity contribution in [2.75, 3.05) is 22.9 Å². The third kappa shape index (κ3) is 3.42. The summed E-state index contributed by atoms with van der Waals surface area (Å²) in [6, 6.07) is 16.6. The molecule has 2 aliphatic heterocycles. The van der Waals surface area contributed by atoms with E-state index in [1.807, 2.05) is 34.5 Å². The summed E-state index contributed by atoms with van der Waals surface area (Å²) in [5, 5.41) is 10.9. The first-order valence-corrected chi connectivity index (χ1v) is 11.1. The zero-order chi connectivity index (χ0) is 19.8. The Kier molecular flexibility index (Phi) is 4.79. The molecule has 2 unspecified atom stereocenters. The molecule has 1 saturated heterocycles. The van der Waals surface area contributed by atoms with Crippen LogP contribution in [0, 0.1) is 5.92 Å². The molecular formula is C23H24N4OS. The number of hydrogen-bond acceptors (Lipinski definition) is 5. The molecule has 1 fully saturated rings. The molecule has 1 aromatic carbocycles. The first-order valence-electron chi connectivity index (χ1n) is 10.2. The summed E-state index contributed by atoms with van der Waals surface area (Å²) in [7, 11) is 0. The van der Waals surface area contributed by atoms with Crippen molar-refractivity contribution < 1.29 is 4.79 Å². The maximum absolute atomic E-state index is 13.4. The van der Waals surface area contributed by atoms with Crippen LogP contribution in [0.25, 0.3) is 10.6 Å². The predicted molar refractivity (Wildman–Crippen MR) is 117 cm³/mol. The van der Waals surface area contributed by atoms with Gasteiger partial charge >= 0.3 is 0 Å². The summed E-state index contributed by atoms with van der Waals surface area (Å²) < 4.78 is 0. The minimum atomic E-state index is -0.00358. The number of thiophene rings is 1. The van der Waals surface area contributed by atoms with Crippen LogP contribution in [-0.2, 0) is 11.2 Å². The van der Waals surface area contributed by atoms with Crippen LogP contribution in [0.4, 0.5) is 11.5 Å². The SMILES string of the molecule is CC1Cc2ccccc2N1C(=O)C1CCCN(c2ccc(-c3cccs3)nn2)C1. The van der Waals surface area contributed by atoms with E-state index in [1.165, 1.54) is 5.56 Å². The molecule has 0 saturated carbocycles. The number of carbonyl (C=O) groups is 1. The molecule has 0 aliphatic carbocycles. The molecule has 3 aromatic rings. The van der Waals surface area contributed by atoms with Gasteiger partial charge < -0.3 is 9.80 Å². The third-order valence-electron chi connectivity index (χ3n) is 5.96. The Morgan fingerprint density at radius 1 is 1.10 bits per heavy atom. The number of amides is 1. The first-order chi connectivity index (χ1) is 14.2. The minimum Gasteiger partial charge on any atom is -0.354 e. The molecule has 5 rings (SSSR count). The first kappa shape index (κ1) is 18.3. The van der Waals surface area contributed by atoms with Gasteiger partial charge in [0, 0.05) is 24.8 Å². The van der Waals surface area contributed by atoms with Gasteiger partial charge in [-0.25, -0.2) is 0 Å². The maximum atomic E-state index is 13.4. The molecular weight excluding hydrogens is 380 g/mol. The molecule has 148 valence electrons. The number of fused-ring (bicyclic) bond motifs is 1.